The Balaban J connectivity index is 0.991. The molecule has 7 atom stereocenters. The molecule has 1 saturated carbocycles. The first-order chi connectivity index (χ1) is 33.3. The van der Waals surface area contributed by atoms with E-state index in [0.29, 0.717) is 31.1 Å². The number of rotatable bonds is 18. The number of nitrogens with one attached hydrogen (secondary N) is 3. The monoisotopic (exact) mass is 1040 g/mol. The Bertz CT molecular complexity index is 2860. The molecule has 3 saturated heterocycles. The molecule has 1 aliphatic carbocycles. The number of para-hydroxylation sites is 1. The fraction of sp³-hybridized carbons (Fsp3) is 0.524. The minimum Gasteiger partial charge on any atom is -0.748 e. The van der Waals surface area contributed by atoms with Gasteiger partial charge >= 0.3 is 17.6 Å². The van der Waals surface area contributed by atoms with Crippen LogP contribution in [-0.4, -0.2) is 117 Å². The van der Waals surface area contributed by atoms with E-state index < -0.39 is 76.9 Å². The number of nitrogens with two attached hydrogens (primary N) is 1. The Hall–Kier alpha value is -4.83. The van der Waals surface area contributed by atoms with Gasteiger partial charge < -0.3 is 62.8 Å². The van der Waals surface area contributed by atoms with Gasteiger partial charge in [-0.3, -0.25) is 9.36 Å². The van der Waals surface area contributed by atoms with Crippen LogP contribution in [-0.2, 0) is 54.7 Å². The molecule has 7 unspecified atom stereocenters. The van der Waals surface area contributed by atoms with E-state index in [1.165, 1.54) is 19.9 Å². The molecule has 2 aromatic heterocycles. The summed E-state index contributed by atoms with van der Waals surface area (Å²) in [6.07, 6.45) is 6.30. The van der Waals surface area contributed by atoms with E-state index >= 15 is 0 Å². The third-order valence-corrected chi connectivity index (χ3v) is 19.2. The first-order valence-electron chi connectivity index (χ1n) is 23.2. The van der Waals surface area contributed by atoms with Gasteiger partial charge in [-0.15, -0.1) is 10.2 Å². The number of pyridine rings is 1. The van der Waals surface area contributed by atoms with Crippen LogP contribution in [0.4, 0.5) is 40.6 Å². The van der Waals surface area contributed by atoms with Crippen molar-refractivity contribution >= 4 is 78.4 Å². The van der Waals surface area contributed by atoms with E-state index in [1.54, 1.807) is 12.1 Å². The minimum absolute atomic E-state index is 0.0271. The standard InChI is InChI=1S/C42H58N10O14S2Si2/c1-3-52-38(53)29(25-67(55,56)57)26(2)36(39(52)54)51-50-30-23-28(17-18-35(30)68(58,59)60)46-42-48-40(47-41(49-42)45-27-13-7-6-8-14-27)44-20-12-21-69(61)62-31-15-9-4-5-10-16-32-37-34(24-33(31)63-69)65-70(64-32,66-37)22-11-19-43/h6-8,13-14,17-18,23,31-34,37,53,61H,3-5,9-12,15-16,19-22,24-25,43H2,1-2H3,(H,55,56,57)(H,58,59,60)(H3,44,45,46,47,48,49)/p-2. The molecule has 0 spiro atoms. The van der Waals surface area contributed by atoms with Crippen molar-refractivity contribution < 1.29 is 58.0 Å². The lowest BCUT2D eigenvalue weighted by Crippen LogP contribution is -2.47. The molecule has 0 amide bonds. The Labute approximate surface area is 406 Å². The summed E-state index contributed by atoms with van der Waals surface area (Å²) < 4.78 is 105. The molecule has 70 heavy (non-hydrogen) atoms. The first-order valence-corrected chi connectivity index (χ1v) is 30.0. The van der Waals surface area contributed by atoms with Crippen molar-refractivity contribution in [1.29, 1.82) is 0 Å². The van der Waals surface area contributed by atoms with E-state index in [1.807, 2.05) is 18.2 Å². The maximum atomic E-state index is 13.3. The second-order valence-electron chi connectivity index (χ2n) is 17.5. The van der Waals surface area contributed by atoms with Crippen molar-refractivity contribution in [2.24, 2.45) is 16.0 Å². The van der Waals surface area contributed by atoms with E-state index in [4.69, 9.17) is 27.9 Å². The van der Waals surface area contributed by atoms with Gasteiger partial charge in [0.1, 0.15) is 15.8 Å². The van der Waals surface area contributed by atoms with Crippen molar-refractivity contribution in [1.82, 2.24) is 19.5 Å². The number of fused-ring (bicyclic) bond motifs is 2. The lowest BCUT2D eigenvalue weighted by molar-refractivity contribution is -0.0100. The largest absolute Gasteiger partial charge is 0.748 e. The molecule has 4 aliphatic rings. The molecule has 2 aromatic carbocycles. The average Bonchev–Trinajstić information content (AvgIpc) is 3.95. The summed E-state index contributed by atoms with van der Waals surface area (Å²) in [5.41, 5.74) is 4.04. The number of benzene rings is 2. The highest BCUT2D eigenvalue weighted by molar-refractivity contribution is 7.86. The molecule has 3 aliphatic heterocycles. The van der Waals surface area contributed by atoms with Crippen molar-refractivity contribution in [3.05, 3.63) is 70.0 Å². The van der Waals surface area contributed by atoms with Crippen LogP contribution in [0, 0.1) is 6.92 Å². The molecule has 4 aromatic rings. The summed E-state index contributed by atoms with van der Waals surface area (Å²) >= 11 is 0. The number of azo groups is 1. The highest BCUT2D eigenvalue weighted by Gasteiger charge is 2.64. The third kappa shape index (κ3) is 12.3. The second kappa shape index (κ2) is 21.5. The fourth-order valence-electron chi connectivity index (χ4n) is 9.13. The third-order valence-electron chi connectivity index (χ3n) is 12.5. The molecular formula is C42H56N10O14S2Si2-2. The van der Waals surface area contributed by atoms with Gasteiger partial charge in [-0.25, -0.2) is 16.8 Å². The summed E-state index contributed by atoms with van der Waals surface area (Å²) in [7, 11) is -16.6. The molecule has 28 heteroatoms. The quantitative estimate of drug-likeness (QED) is 0.0342. The summed E-state index contributed by atoms with van der Waals surface area (Å²) in [5.74, 6) is -1.75. The molecule has 4 fully saturated rings. The maximum Gasteiger partial charge on any atom is 0.502 e. The molecule has 8 rings (SSSR count). The number of anilines is 5. The lowest BCUT2D eigenvalue weighted by atomic mass is 9.93. The Kier molecular flexibility index (Phi) is 15.8. The molecular weight excluding hydrogens is 989 g/mol. The number of hydrogen-bond acceptors (Lipinski definition) is 23. The molecule has 7 N–H and O–H groups in total. The Morgan fingerprint density at radius 2 is 1.50 bits per heavy atom. The summed E-state index contributed by atoms with van der Waals surface area (Å²) in [6, 6.07) is 13.3. The highest BCUT2D eigenvalue weighted by Crippen LogP contribution is 2.46. The summed E-state index contributed by atoms with van der Waals surface area (Å²) in [5, 5.41) is 27.7. The number of aromatic nitrogens is 4. The van der Waals surface area contributed by atoms with Crippen LogP contribution < -0.4 is 27.2 Å². The number of hydrogen-bond donors (Lipinski definition) is 6. The van der Waals surface area contributed by atoms with Crippen LogP contribution in [0.15, 0.2) is 68.4 Å². The van der Waals surface area contributed by atoms with Gasteiger partial charge in [0.25, 0.3) is 5.56 Å². The topological polar surface area (TPSA) is 349 Å². The molecule has 2 bridgehead atoms. The minimum atomic E-state index is -5.18. The SMILES string of the molecule is CCn1c(O)c(CS(=O)(=O)[O-])c(C)c(N=Nc2cc(Nc3nc(NCCC[Si]4(O)OC5CCCCCCC6O[Si]7(CCCN)OC(CC5O4)C6O7)nc(Nc4ccccc4)n3)ccc2S(=O)(=O)[O-])c1=O. The van der Waals surface area contributed by atoms with Gasteiger partial charge in [-0.1, -0.05) is 43.9 Å². The van der Waals surface area contributed by atoms with Gasteiger partial charge in [-0.05, 0) is 82.0 Å². The smallest absolute Gasteiger partial charge is 0.502 e. The molecule has 24 nitrogen and oxygen atoms in total. The zero-order chi connectivity index (χ0) is 49.8. The van der Waals surface area contributed by atoms with Crippen LogP contribution in [0.3, 0.4) is 0 Å². The number of nitrogens with zero attached hydrogens (tertiary/aromatic N) is 6. The normalized spacial score (nSPS) is 25.9. The summed E-state index contributed by atoms with van der Waals surface area (Å²) in [4.78, 5) is 37.8. The van der Waals surface area contributed by atoms with Gasteiger partial charge in [0.05, 0.1) is 51.3 Å². The van der Waals surface area contributed by atoms with Crippen LogP contribution in [0.1, 0.15) is 75.8 Å². The van der Waals surface area contributed by atoms with Crippen molar-refractivity contribution in [2.75, 3.05) is 29.0 Å². The zero-order valence-corrected chi connectivity index (χ0v) is 42.1. The van der Waals surface area contributed by atoms with E-state index in [0.717, 1.165) is 61.6 Å². The first kappa shape index (κ1) is 51.5. The lowest BCUT2D eigenvalue weighted by Gasteiger charge is -2.33. The van der Waals surface area contributed by atoms with Gasteiger partial charge in [0.15, 0.2) is 11.6 Å². The van der Waals surface area contributed by atoms with E-state index in [-0.39, 0.29) is 78.7 Å². The fourth-order valence-corrected chi connectivity index (χ4v) is 16.1. The number of aromatic hydroxyl groups is 1. The molecule has 0 radical (unpaired) electrons. The van der Waals surface area contributed by atoms with Crippen LogP contribution >= 0.6 is 0 Å². The second-order valence-corrected chi connectivity index (χ2v) is 25.3. The highest BCUT2D eigenvalue weighted by atomic mass is 32.2. The van der Waals surface area contributed by atoms with E-state index in [2.05, 4.69) is 41.1 Å². The Morgan fingerprint density at radius 1 is 0.829 bits per heavy atom. The van der Waals surface area contributed by atoms with Crippen molar-refractivity contribution in [3.63, 3.8) is 0 Å². The van der Waals surface area contributed by atoms with Crippen LogP contribution in [0.2, 0.25) is 12.1 Å². The van der Waals surface area contributed by atoms with Gasteiger partial charge in [0.2, 0.25) is 17.8 Å². The van der Waals surface area contributed by atoms with Gasteiger partial charge in [0, 0.05) is 48.5 Å². The van der Waals surface area contributed by atoms with E-state index in [9.17, 15) is 40.6 Å². The zero-order valence-electron chi connectivity index (χ0n) is 38.5. The summed E-state index contributed by atoms with van der Waals surface area (Å²) in [6.45, 7) is 3.36. The molecule has 5 heterocycles. The average molecular weight is 1050 g/mol. The van der Waals surface area contributed by atoms with Crippen LogP contribution in [0.5, 0.6) is 5.88 Å². The van der Waals surface area contributed by atoms with Crippen LogP contribution in [0.25, 0.3) is 0 Å². The van der Waals surface area contributed by atoms with Crippen molar-refractivity contribution in [3.8, 4) is 5.88 Å². The predicted octanol–water partition coefficient (Wildman–Crippen LogP) is 4.65. The molecule has 380 valence electrons. The van der Waals surface area contributed by atoms with Gasteiger partial charge in [-0.2, -0.15) is 15.0 Å². The Morgan fingerprint density at radius 3 is 2.19 bits per heavy atom. The maximum absolute atomic E-state index is 13.3. The predicted molar refractivity (Wildman–Crippen MR) is 254 cm³/mol. The van der Waals surface area contributed by atoms with Crippen molar-refractivity contribution in [2.45, 2.75) is 131 Å².